The van der Waals surface area contributed by atoms with Crippen molar-refractivity contribution in [2.45, 2.75) is 262 Å². The van der Waals surface area contributed by atoms with Crippen molar-refractivity contribution >= 4 is 11.9 Å². The van der Waals surface area contributed by atoms with Crippen LogP contribution in [0.2, 0.25) is 0 Å². The van der Waals surface area contributed by atoms with Crippen LogP contribution in [0.4, 0.5) is 0 Å². The number of hydrogen-bond donors (Lipinski definition) is 4. The number of carboxylic acids is 1. The molecule has 0 amide bonds. The molecular weight excluding hydrogens is 1020 g/mol. The Kier molecular flexibility index (Phi) is 29.1. The molecule has 82 heavy (non-hydrogen) atoms. The van der Waals surface area contributed by atoms with Gasteiger partial charge in [-0.1, -0.05) is 131 Å². The molecule has 0 aromatic carbocycles. The molecule has 0 spiro atoms. The Labute approximate surface area is 513 Å². The molecule has 1 saturated heterocycles. The number of hydrogen-bond acceptors (Lipinski definition) is 10. The molecule has 9 aliphatic rings. The quantitative estimate of drug-likeness (QED) is 0.0297. The number of ether oxygens (including phenoxy) is 4. The normalized spacial score (nSPS) is 36.8. The number of carbonyl (C=O) groups is 2. The average molecular weight is 1140 g/mol. The van der Waals surface area contributed by atoms with Crippen LogP contribution < -0.4 is 29.5 Å². The van der Waals surface area contributed by atoms with Crippen LogP contribution in [0.1, 0.15) is 243 Å². The van der Waals surface area contributed by atoms with E-state index in [1.165, 1.54) is 128 Å². The number of aliphatic hydroxyl groups excluding tert-OH is 1. The third kappa shape index (κ3) is 18.0. The van der Waals surface area contributed by atoms with Crippen LogP contribution in [-0.4, -0.2) is 98.7 Å². The minimum absolute atomic E-state index is 0. The van der Waals surface area contributed by atoms with E-state index in [2.05, 4.69) is 92.0 Å². The molecule has 11 nitrogen and oxygen atoms in total. The van der Waals surface area contributed by atoms with Crippen LogP contribution in [0.5, 0.6) is 0 Å². The summed E-state index contributed by atoms with van der Waals surface area (Å²) in [6.45, 7) is 31.6. The number of carbonyl (C=O) groups excluding carboxylic acids is 1. The van der Waals surface area contributed by atoms with Gasteiger partial charge in [0.15, 0.2) is 6.29 Å². The zero-order chi connectivity index (χ0) is 57.7. The van der Waals surface area contributed by atoms with Gasteiger partial charge in [-0.15, -0.1) is 0 Å². The van der Waals surface area contributed by atoms with E-state index in [4.69, 9.17) is 29.2 Å². The van der Waals surface area contributed by atoms with E-state index >= 15 is 0 Å². The fourth-order valence-electron chi connectivity index (χ4n) is 19.6. The maximum atomic E-state index is 11.4. The van der Waals surface area contributed by atoms with Crippen molar-refractivity contribution in [1.29, 1.82) is 0 Å². The van der Waals surface area contributed by atoms with Gasteiger partial charge in [0.05, 0.1) is 31.9 Å². The SMILES string of the molecule is CC(C)CCC[C@@H](C)[C@H]1CCC2C3CC=C4C[C@@H](OCCCNCC(=O)O)CC[C@]4(C)C3CC[C@@]21C.CCOC(=O)CNCCCO[C@H]1CC[C@@]2(C)C(=CCC3C2CC[C@@]2(C)C3CC[C@@H]2[C@H](C)CCCC(C)C)C1.OC1CCCO1.[Li+].[OH-]. The van der Waals surface area contributed by atoms with Crippen molar-refractivity contribution in [3.05, 3.63) is 23.3 Å². The van der Waals surface area contributed by atoms with E-state index in [-0.39, 0.29) is 36.9 Å². The van der Waals surface area contributed by atoms with Gasteiger partial charge in [0, 0.05) is 26.2 Å². The summed E-state index contributed by atoms with van der Waals surface area (Å²) >= 11 is 0. The number of rotatable bonds is 25. The predicted octanol–water partition coefficient (Wildman–Crippen LogP) is 12.4. The molecule has 1 aliphatic heterocycles. The fourth-order valence-corrected chi connectivity index (χ4v) is 19.6. The maximum absolute atomic E-state index is 11.4. The molecule has 9 rings (SSSR count). The Morgan fingerprint density at radius 2 is 1.09 bits per heavy atom. The molecular formula is C70H123LiN2O9. The molecule has 12 heteroatoms. The van der Waals surface area contributed by atoms with E-state index in [1.54, 1.807) is 11.1 Å². The van der Waals surface area contributed by atoms with Crippen LogP contribution in [0.25, 0.3) is 0 Å². The molecule has 17 atom stereocenters. The first kappa shape index (κ1) is 71.5. The molecule has 0 bridgehead atoms. The third-order valence-corrected chi connectivity index (χ3v) is 24.0. The summed E-state index contributed by atoms with van der Waals surface area (Å²) < 4.78 is 22.3. The standard InChI is InChI=1S/C34H59NO3.C32H55NO3.C4H8O2.Li.H2O/c1-7-37-32(36)23-35-20-9-21-38-27-16-18-33(5)26(22-27)12-13-28-30-15-14-29(25(4)11-8-10-24(2)3)34(30,6)19-17-31(28)33;1-22(2)8-6-9-23(3)27-12-13-28-26-11-10-24-20-25(36-19-7-18-33-21-30(34)35)14-16-31(24,4)29(26)15-17-32(27,28)5;5-4-2-1-3-6-4;;/h12,24-25,27-31,35H,7-11,13-23H2,1-6H3;10,22-23,25-29,33H,6-9,11-21H2,1-5H3,(H,34,35);4-5H,1-3H2;;1H2/q;;;+1;/p-1/t25-,27+,28?,29-,30?,31?,33+,34-;23-,25+,26?,27-,28?,29?,31+,32-;;;/m11.../s1. The minimum atomic E-state index is -0.794. The summed E-state index contributed by atoms with van der Waals surface area (Å²) in [5.41, 5.74) is 5.33. The molecule has 0 aromatic heterocycles. The van der Waals surface area contributed by atoms with Gasteiger partial charge in [0.2, 0.25) is 0 Å². The predicted molar refractivity (Wildman–Crippen MR) is 328 cm³/mol. The van der Waals surface area contributed by atoms with Gasteiger partial charge in [-0.2, -0.15) is 0 Å². The first-order chi connectivity index (χ1) is 38.2. The summed E-state index contributed by atoms with van der Waals surface area (Å²) in [6, 6.07) is 0. The van der Waals surface area contributed by atoms with Gasteiger partial charge < -0.3 is 45.3 Å². The number of allylic oxidation sites excluding steroid dienone is 2. The Morgan fingerprint density at radius 1 is 0.622 bits per heavy atom. The van der Waals surface area contributed by atoms with Crippen molar-refractivity contribution in [3.63, 3.8) is 0 Å². The van der Waals surface area contributed by atoms with Crippen molar-refractivity contribution in [3.8, 4) is 0 Å². The Hall–Kier alpha value is -1.26. The second kappa shape index (κ2) is 33.4. The van der Waals surface area contributed by atoms with Crippen LogP contribution in [0.3, 0.4) is 0 Å². The molecule has 0 radical (unpaired) electrons. The van der Waals surface area contributed by atoms with E-state index in [9.17, 15) is 9.59 Å². The Balaban J connectivity index is 0.000000266. The fraction of sp³-hybridized carbons (Fsp3) is 0.914. The molecule has 7 unspecified atom stereocenters. The van der Waals surface area contributed by atoms with Gasteiger partial charge in [0.1, 0.15) is 0 Å². The maximum Gasteiger partial charge on any atom is 1.00 e. The van der Waals surface area contributed by atoms with Crippen LogP contribution >= 0.6 is 0 Å². The van der Waals surface area contributed by atoms with Crippen molar-refractivity contribution < 1.29 is 63.1 Å². The van der Waals surface area contributed by atoms with Crippen LogP contribution in [0.15, 0.2) is 23.3 Å². The third-order valence-electron chi connectivity index (χ3n) is 24.0. The van der Waals surface area contributed by atoms with Crippen molar-refractivity contribution in [2.75, 3.05) is 52.6 Å². The summed E-state index contributed by atoms with van der Waals surface area (Å²) in [4.78, 5) is 22.1. The smallest absolute Gasteiger partial charge is 0.870 e. The summed E-state index contributed by atoms with van der Waals surface area (Å²) in [7, 11) is 0. The molecule has 1 heterocycles. The van der Waals surface area contributed by atoms with Gasteiger partial charge in [-0.05, 0) is 235 Å². The van der Waals surface area contributed by atoms with Gasteiger partial charge in [0.25, 0.3) is 0 Å². The number of fused-ring (bicyclic) bond motifs is 10. The molecule has 7 fully saturated rings. The van der Waals surface area contributed by atoms with E-state index < -0.39 is 12.3 Å². The van der Waals surface area contributed by atoms with E-state index in [0.717, 1.165) is 136 Å². The number of esters is 1. The number of aliphatic hydroxyl groups is 1. The molecule has 6 saturated carbocycles. The van der Waals surface area contributed by atoms with Gasteiger partial charge in [-0.3, -0.25) is 9.59 Å². The first-order valence-electron chi connectivity index (χ1n) is 33.9. The van der Waals surface area contributed by atoms with Crippen LogP contribution in [0, 0.1) is 92.7 Å². The van der Waals surface area contributed by atoms with Gasteiger partial charge in [-0.25, -0.2) is 0 Å². The minimum Gasteiger partial charge on any atom is -0.870 e. The summed E-state index contributed by atoms with van der Waals surface area (Å²) in [5.74, 6) is 9.76. The Morgan fingerprint density at radius 3 is 1.48 bits per heavy atom. The van der Waals surface area contributed by atoms with E-state index in [1.807, 2.05) is 6.92 Å². The summed E-state index contributed by atoms with van der Waals surface area (Å²) in [5, 5.41) is 23.4. The molecule has 8 aliphatic carbocycles. The summed E-state index contributed by atoms with van der Waals surface area (Å²) in [6.07, 6.45) is 39.2. The second-order valence-corrected chi connectivity index (χ2v) is 29.8. The van der Waals surface area contributed by atoms with Crippen molar-refractivity contribution in [1.82, 2.24) is 10.6 Å². The van der Waals surface area contributed by atoms with E-state index in [0.29, 0.717) is 53.6 Å². The monoisotopic (exact) mass is 1140 g/mol. The first-order valence-corrected chi connectivity index (χ1v) is 33.9. The average Bonchev–Trinajstić information content (AvgIpc) is 4.17. The number of nitrogens with one attached hydrogen (secondary N) is 2. The zero-order valence-corrected chi connectivity index (χ0v) is 54.6. The van der Waals surface area contributed by atoms with Gasteiger partial charge >= 0.3 is 30.8 Å². The number of aliphatic carboxylic acids is 1. The number of carboxylic acid groups (broad SMARTS) is 1. The second-order valence-electron chi connectivity index (χ2n) is 29.8. The topological polar surface area (TPSA) is 166 Å². The van der Waals surface area contributed by atoms with Crippen LogP contribution in [-0.2, 0) is 28.5 Å². The zero-order valence-electron chi connectivity index (χ0n) is 54.6. The molecule has 0 aromatic rings. The Bertz CT molecular complexity index is 1980. The largest absolute Gasteiger partial charge is 1.00 e. The van der Waals surface area contributed by atoms with Crippen molar-refractivity contribution in [2.24, 2.45) is 92.7 Å². The molecule has 468 valence electrons. The molecule has 5 N–H and O–H groups in total.